The second kappa shape index (κ2) is 2.42. The lowest BCUT2D eigenvalue weighted by atomic mass is 9.93. The molecule has 1 nitrogen and oxygen atoms in total. The molecule has 0 bridgehead atoms. The van der Waals surface area contributed by atoms with Gasteiger partial charge in [0, 0.05) is 0 Å². The Kier molecular flexibility index (Phi) is 2.36. The van der Waals surface area contributed by atoms with Gasteiger partial charge in [-0.1, -0.05) is 6.92 Å². The summed E-state index contributed by atoms with van der Waals surface area (Å²) in [6.45, 7) is 3.25. The first-order chi connectivity index (χ1) is 4.15. The van der Waals surface area contributed by atoms with Crippen LogP contribution in [0.2, 0.25) is 0 Å². The van der Waals surface area contributed by atoms with E-state index in [0.717, 1.165) is 20.8 Å². The molecule has 10 heavy (non-hydrogen) atoms. The Morgan fingerprint density at radius 3 is 1.50 bits per heavy atom. The lowest BCUT2D eigenvalue weighted by molar-refractivity contribution is -0.212. The van der Waals surface area contributed by atoms with E-state index in [1.807, 2.05) is 0 Å². The van der Waals surface area contributed by atoms with Gasteiger partial charge in [-0.2, -0.15) is 13.2 Å². The Labute approximate surface area is 57.9 Å². The van der Waals surface area contributed by atoms with Gasteiger partial charge in [-0.05, 0) is 13.8 Å². The summed E-state index contributed by atoms with van der Waals surface area (Å²) in [5.41, 5.74) is -1.68. The summed E-state index contributed by atoms with van der Waals surface area (Å²) < 4.78 is 35.4. The van der Waals surface area contributed by atoms with Crippen LogP contribution in [0, 0.1) is 5.92 Å². The molecular formula is C6H11F3O. The largest absolute Gasteiger partial charge is 0.394 e. The van der Waals surface area contributed by atoms with E-state index in [1.165, 1.54) is 0 Å². The fraction of sp³-hybridized carbons (Fsp3) is 1.00. The van der Waals surface area contributed by atoms with Crippen molar-refractivity contribution in [2.24, 2.45) is 5.92 Å². The average Bonchev–Trinajstić information content (AvgIpc) is 1.59. The summed E-state index contributed by atoms with van der Waals surface area (Å²) in [5, 5.41) is 8.90. The van der Waals surface area contributed by atoms with E-state index in [1.54, 1.807) is 0 Å². The van der Waals surface area contributed by atoms with Crippen LogP contribution in [0.5, 0.6) is 0 Å². The van der Waals surface area contributed by atoms with E-state index in [4.69, 9.17) is 5.11 Å². The van der Waals surface area contributed by atoms with Gasteiger partial charge < -0.3 is 5.11 Å². The van der Waals surface area contributed by atoms with Crippen molar-refractivity contribution in [2.45, 2.75) is 32.5 Å². The van der Waals surface area contributed by atoms with Gasteiger partial charge in [-0.3, -0.25) is 0 Å². The number of aliphatic hydroxyl groups is 1. The normalized spacial score (nSPS) is 17.1. The van der Waals surface area contributed by atoms with Crippen LogP contribution in [-0.4, -0.2) is 16.9 Å². The van der Waals surface area contributed by atoms with Crippen molar-refractivity contribution in [1.82, 2.24) is 0 Å². The zero-order chi connectivity index (χ0) is 8.58. The molecule has 0 fully saturated rings. The van der Waals surface area contributed by atoms with Gasteiger partial charge in [0.1, 0.15) is 0 Å². The van der Waals surface area contributed by atoms with Crippen LogP contribution in [0.4, 0.5) is 13.2 Å². The van der Waals surface area contributed by atoms with Gasteiger partial charge in [0.2, 0.25) is 0 Å². The second-order valence-electron chi connectivity index (χ2n) is 2.92. The first-order valence-corrected chi connectivity index (χ1v) is 2.95. The molecule has 0 amide bonds. The highest BCUT2D eigenvalue weighted by molar-refractivity contribution is 4.78. The number of hydrogen-bond donors (Lipinski definition) is 1. The van der Waals surface area contributed by atoms with Gasteiger partial charge >= 0.3 is 6.18 Å². The van der Waals surface area contributed by atoms with Gasteiger partial charge in [0.25, 0.3) is 0 Å². The van der Waals surface area contributed by atoms with Gasteiger partial charge in [-0.15, -0.1) is 0 Å². The van der Waals surface area contributed by atoms with E-state index in [9.17, 15) is 13.2 Å². The molecule has 0 aromatic heterocycles. The number of hydrogen-bond acceptors (Lipinski definition) is 1. The summed E-state index contributed by atoms with van der Waals surface area (Å²) in [4.78, 5) is 0. The van der Waals surface area contributed by atoms with E-state index in [0.29, 0.717) is 0 Å². The maximum absolute atomic E-state index is 11.8. The van der Waals surface area contributed by atoms with E-state index in [-0.39, 0.29) is 0 Å². The van der Waals surface area contributed by atoms with Crippen LogP contribution in [0.1, 0.15) is 20.8 Å². The van der Waals surface area contributed by atoms with Crippen LogP contribution >= 0.6 is 0 Å². The van der Waals surface area contributed by atoms with Crippen molar-refractivity contribution < 1.29 is 18.3 Å². The molecule has 1 N–H and O–H groups in total. The fourth-order valence-electron chi connectivity index (χ4n) is 0.401. The van der Waals surface area contributed by atoms with Crippen LogP contribution in [0.25, 0.3) is 0 Å². The minimum atomic E-state index is -4.31. The maximum Gasteiger partial charge on any atom is 0.394 e. The van der Waals surface area contributed by atoms with Crippen LogP contribution in [0.3, 0.4) is 0 Å². The molecule has 0 saturated carbocycles. The fourth-order valence-corrected chi connectivity index (χ4v) is 0.401. The van der Waals surface area contributed by atoms with Crippen molar-refractivity contribution >= 4 is 0 Å². The van der Waals surface area contributed by atoms with Gasteiger partial charge in [0.05, 0.1) is 11.5 Å². The Morgan fingerprint density at radius 1 is 1.20 bits per heavy atom. The summed E-state index contributed by atoms with van der Waals surface area (Å²) in [7, 11) is 0. The summed E-state index contributed by atoms with van der Waals surface area (Å²) in [6.07, 6.45) is -4.31. The van der Waals surface area contributed by atoms with Crippen LogP contribution < -0.4 is 0 Å². The SMILES string of the molecule is CC(C(C)(C)O)C(F)(F)F. The molecule has 4 heteroatoms. The maximum atomic E-state index is 11.8. The molecule has 1 atom stereocenters. The molecule has 0 aliphatic carbocycles. The third-order valence-electron chi connectivity index (χ3n) is 1.55. The standard InChI is InChI=1S/C6H11F3O/c1-4(5(2,3)10)6(7,8)9/h4,10H,1-3H3. The van der Waals surface area contributed by atoms with Crippen molar-refractivity contribution in [3.8, 4) is 0 Å². The Hall–Kier alpha value is -0.250. The lowest BCUT2D eigenvalue weighted by Gasteiger charge is -2.27. The van der Waals surface area contributed by atoms with E-state index >= 15 is 0 Å². The van der Waals surface area contributed by atoms with Crippen molar-refractivity contribution in [3.63, 3.8) is 0 Å². The highest BCUT2D eigenvalue weighted by Crippen LogP contribution is 2.33. The molecule has 0 rings (SSSR count). The molecule has 0 aliphatic rings. The Bertz CT molecular complexity index is 97.1. The van der Waals surface area contributed by atoms with Crippen molar-refractivity contribution in [1.29, 1.82) is 0 Å². The molecule has 0 spiro atoms. The van der Waals surface area contributed by atoms with E-state index in [2.05, 4.69) is 0 Å². The molecule has 0 heterocycles. The van der Waals surface area contributed by atoms with Crippen LogP contribution in [-0.2, 0) is 0 Å². The van der Waals surface area contributed by atoms with Crippen molar-refractivity contribution in [2.75, 3.05) is 0 Å². The molecule has 1 unspecified atom stereocenters. The monoisotopic (exact) mass is 156 g/mol. The predicted octanol–water partition coefficient (Wildman–Crippen LogP) is 1.96. The molecule has 0 aliphatic heterocycles. The third-order valence-corrected chi connectivity index (χ3v) is 1.55. The molecule has 0 saturated heterocycles. The molecular weight excluding hydrogens is 145 g/mol. The Balaban J connectivity index is 4.23. The highest BCUT2D eigenvalue weighted by atomic mass is 19.4. The number of halogens is 3. The van der Waals surface area contributed by atoms with Crippen LogP contribution in [0.15, 0.2) is 0 Å². The zero-order valence-corrected chi connectivity index (χ0v) is 6.16. The molecule has 0 aromatic carbocycles. The zero-order valence-electron chi connectivity index (χ0n) is 6.16. The first kappa shape index (κ1) is 9.75. The Morgan fingerprint density at radius 2 is 1.50 bits per heavy atom. The van der Waals surface area contributed by atoms with E-state index < -0.39 is 17.7 Å². The number of rotatable bonds is 1. The molecule has 0 aromatic rings. The second-order valence-corrected chi connectivity index (χ2v) is 2.92. The first-order valence-electron chi connectivity index (χ1n) is 2.95. The molecule has 62 valence electrons. The smallest absolute Gasteiger partial charge is 0.390 e. The minimum absolute atomic E-state index is 0.958. The average molecular weight is 156 g/mol. The summed E-state index contributed by atoms with van der Waals surface area (Å²) in [5.74, 6) is -1.68. The quantitative estimate of drug-likeness (QED) is 0.615. The van der Waals surface area contributed by atoms with Gasteiger partial charge in [0.15, 0.2) is 0 Å². The number of alkyl halides is 3. The predicted molar refractivity (Wildman–Crippen MR) is 31.5 cm³/mol. The third kappa shape index (κ3) is 2.56. The van der Waals surface area contributed by atoms with Crippen molar-refractivity contribution in [3.05, 3.63) is 0 Å². The minimum Gasteiger partial charge on any atom is -0.390 e. The molecule has 0 radical (unpaired) electrons. The van der Waals surface area contributed by atoms with Gasteiger partial charge in [-0.25, -0.2) is 0 Å². The highest BCUT2D eigenvalue weighted by Gasteiger charge is 2.44. The summed E-state index contributed by atoms with van der Waals surface area (Å²) >= 11 is 0. The summed E-state index contributed by atoms with van der Waals surface area (Å²) in [6, 6.07) is 0. The lowest BCUT2D eigenvalue weighted by Crippen LogP contribution is -2.39. The topological polar surface area (TPSA) is 20.2 Å².